The normalized spacial score (nSPS) is 6.88. The largest absolute Gasteiger partial charge is 0.480 e. The van der Waals surface area contributed by atoms with E-state index in [2.05, 4.69) is 17.4 Å². The van der Waals surface area contributed by atoms with Gasteiger partial charge in [-0.1, -0.05) is 0 Å². The molecule has 0 radical (unpaired) electrons. The molecule has 0 aliphatic heterocycles. The fourth-order valence-electron chi connectivity index (χ4n) is 0.0873. The van der Waals surface area contributed by atoms with Crippen LogP contribution in [0.1, 0.15) is 0 Å². The minimum absolute atomic E-state index is 0.181. The van der Waals surface area contributed by atoms with Crippen LogP contribution >= 0.6 is 11.6 Å². The lowest BCUT2D eigenvalue weighted by Gasteiger charge is -1.84. The van der Waals surface area contributed by atoms with Gasteiger partial charge in [-0.25, -0.2) is 5.43 Å². The van der Waals surface area contributed by atoms with Gasteiger partial charge in [0.2, 0.25) is 0 Å². The molecule has 0 rings (SSSR count). The van der Waals surface area contributed by atoms with Gasteiger partial charge in [-0.3, -0.25) is 10.6 Å². The van der Waals surface area contributed by atoms with Gasteiger partial charge in [-0.2, -0.15) is 0 Å². The maximum Gasteiger partial charge on any atom is 0.318 e. The maximum atomic E-state index is 9.46. The summed E-state index contributed by atoms with van der Waals surface area (Å²) >= 11 is 4.64. The van der Waals surface area contributed by atoms with Crippen LogP contribution < -0.4 is 11.3 Å². The van der Waals surface area contributed by atoms with Crippen LogP contribution in [-0.2, 0) is 4.79 Å². The monoisotopic (exact) mass is 140 g/mol. The van der Waals surface area contributed by atoms with E-state index >= 15 is 0 Å². The second-order valence-electron chi connectivity index (χ2n) is 0.775. The van der Waals surface area contributed by atoms with Gasteiger partial charge in [0.1, 0.15) is 6.54 Å². The topological polar surface area (TPSA) is 75.3 Å². The molecule has 5 heteroatoms. The first-order valence-electron chi connectivity index (χ1n) is 1.80. The Morgan fingerprint density at radius 1 is 1.88 bits per heavy atom. The standard InChI is InChI=1S/C2H6N2O2.CH3Cl/c3-4-1-2(5)6;1-2/h4H,1,3H2,(H,5,6);1H3. The van der Waals surface area contributed by atoms with Crippen LogP contribution in [0.3, 0.4) is 0 Å². The van der Waals surface area contributed by atoms with Gasteiger partial charge in [0, 0.05) is 6.38 Å². The van der Waals surface area contributed by atoms with E-state index in [1.54, 1.807) is 0 Å². The highest BCUT2D eigenvalue weighted by atomic mass is 35.5. The minimum Gasteiger partial charge on any atom is -0.480 e. The number of hydrogen-bond donors (Lipinski definition) is 3. The summed E-state index contributed by atoms with van der Waals surface area (Å²) in [5.74, 6) is 3.65. The smallest absolute Gasteiger partial charge is 0.318 e. The summed E-state index contributed by atoms with van der Waals surface area (Å²) < 4.78 is 0. The lowest BCUT2D eigenvalue weighted by molar-refractivity contribution is -0.135. The summed E-state index contributed by atoms with van der Waals surface area (Å²) in [4.78, 5) is 9.46. The van der Waals surface area contributed by atoms with Crippen LogP contribution in [0.15, 0.2) is 0 Å². The maximum absolute atomic E-state index is 9.46. The molecule has 8 heavy (non-hydrogen) atoms. The van der Waals surface area contributed by atoms with Crippen molar-refractivity contribution >= 4 is 17.6 Å². The van der Waals surface area contributed by atoms with Crippen LogP contribution in [0, 0.1) is 0 Å². The van der Waals surface area contributed by atoms with Crippen LogP contribution in [0.2, 0.25) is 0 Å². The van der Waals surface area contributed by atoms with Crippen LogP contribution in [0.5, 0.6) is 0 Å². The number of rotatable bonds is 2. The van der Waals surface area contributed by atoms with Gasteiger partial charge in [0.25, 0.3) is 0 Å². The number of halogens is 1. The second kappa shape index (κ2) is 9.84. The van der Waals surface area contributed by atoms with E-state index in [9.17, 15) is 4.79 Å². The van der Waals surface area contributed by atoms with E-state index in [1.165, 1.54) is 6.38 Å². The molecule has 0 bridgehead atoms. The molecular weight excluding hydrogens is 131 g/mol. The Kier molecular flexibility index (Phi) is 13.1. The molecule has 0 saturated heterocycles. The highest BCUT2D eigenvalue weighted by molar-refractivity contribution is 6.15. The number of aliphatic carboxylic acids is 1. The Morgan fingerprint density at radius 3 is 2.25 bits per heavy atom. The molecule has 4 nitrogen and oxygen atoms in total. The molecule has 0 aromatic carbocycles. The molecule has 0 spiro atoms. The number of hydrogen-bond acceptors (Lipinski definition) is 3. The third-order valence-electron chi connectivity index (χ3n) is 0.253. The molecule has 0 aromatic rings. The molecule has 0 unspecified atom stereocenters. The van der Waals surface area contributed by atoms with Crippen molar-refractivity contribution in [3.63, 3.8) is 0 Å². The van der Waals surface area contributed by atoms with E-state index in [0.29, 0.717) is 0 Å². The van der Waals surface area contributed by atoms with Crippen molar-refractivity contribution in [2.24, 2.45) is 5.84 Å². The number of carboxylic acids is 1. The number of nitrogens with two attached hydrogens (primary N) is 1. The molecule has 4 N–H and O–H groups in total. The first-order valence-corrected chi connectivity index (χ1v) is 2.56. The third-order valence-corrected chi connectivity index (χ3v) is 0.253. The number of nitrogens with one attached hydrogen (secondary N) is 1. The summed E-state index contributed by atoms with van der Waals surface area (Å²) in [6.45, 7) is -0.181. The first-order chi connectivity index (χ1) is 3.77. The van der Waals surface area contributed by atoms with Gasteiger partial charge < -0.3 is 5.11 Å². The number of hydrazine groups is 1. The summed E-state index contributed by atoms with van der Waals surface area (Å²) in [5.41, 5.74) is 1.97. The Bertz CT molecular complexity index is 59.2. The average Bonchev–Trinajstić information content (AvgIpc) is 1.72. The molecule has 0 aromatic heterocycles. The van der Waals surface area contributed by atoms with Crippen molar-refractivity contribution < 1.29 is 9.90 Å². The predicted molar refractivity (Wildman–Crippen MR) is 31.6 cm³/mol. The van der Waals surface area contributed by atoms with Crippen molar-refractivity contribution in [2.45, 2.75) is 0 Å². The van der Waals surface area contributed by atoms with Crippen molar-refractivity contribution in [2.75, 3.05) is 12.9 Å². The van der Waals surface area contributed by atoms with Crippen LogP contribution in [0.4, 0.5) is 0 Å². The first kappa shape index (κ1) is 10.6. The van der Waals surface area contributed by atoms with E-state index in [1.807, 2.05) is 5.43 Å². The molecule has 0 saturated carbocycles. The molecule has 0 fully saturated rings. The summed E-state index contributed by atoms with van der Waals surface area (Å²) in [6.07, 6.45) is 1.47. The minimum atomic E-state index is -0.947. The van der Waals surface area contributed by atoms with E-state index in [-0.39, 0.29) is 6.54 Å². The molecule has 0 aliphatic carbocycles. The van der Waals surface area contributed by atoms with Crippen molar-refractivity contribution in [3.8, 4) is 0 Å². The molecular formula is C3H9ClN2O2. The zero-order chi connectivity index (χ0) is 6.99. The fourth-order valence-corrected chi connectivity index (χ4v) is 0.0873. The van der Waals surface area contributed by atoms with Crippen LogP contribution in [0.25, 0.3) is 0 Å². The third kappa shape index (κ3) is 17.3. The van der Waals surface area contributed by atoms with Crippen LogP contribution in [-0.4, -0.2) is 24.0 Å². The fraction of sp³-hybridized carbons (Fsp3) is 0.667. The van der Waals surface area contributed by atoms with Gasteiger partial charge >= 0.3 is 5.97 Å². The number of carboxylic acid groups (broad SMARTS) is 1. The Labute approximate surface area is 52.6 Å². The molecule has 50 valence electrons. The lowest BCUT2D eigenvalue weighted by atomic mass is 10.7. The van der Waals surface area contributed by atoms with E-state index in [4.69, 9.17) is 5.11 Å². The number of carbonyl (C=O) groups is 1. The average molecular weight is 141 g/mol. The van der Waals surface area contributed by atoms with Crippen molar-refractivity contribution in [1.29, 1.82) is 0 Å². The summed E-state index contributed by atoms with van der Waals surface area (Å²) in [6, 6.07) is 0. The van der Waals surface area contributed by atoms with Gasteiger partial charge in [0.05, 0.1) is 0 Å². The van der Waals surface area contributed by atoms with Gasteiger partial charge in [0.15, 0.2) is 0 Å². The van der Waals surface area contributed by atoms with E-state index in [0.717, 1.165) is 0 Å². The Balaban J connectivity index is 0. The van der Waals surface area contributed by atoms with Gasteiger partial charge in [-0.15, -0.1) is 11.6 Å². The lowest BCUT2D eigenvalue weighted by Crippen LogP contribution is -2.28. The number of alkyl halides is 1. The molecule has 0 amide bonds. The molecule has 0 heterocycles. The SMILES string of the molecule is CCl.NNCC(=O)O. The Hall–Kier alpha value is -0.320. The highest BCUT2D eigenvalue weighted by Gasteiger charge is 1.86. The zero-order valence-corrected chi connectivity index (χ0v) is 5.27. The zero-order valence-electron chi connectivity index (χ0n) is 4.52. The van der Waals surface area contributed by atoms with Crippen molar-refractivity contribution in [3.05, 3.63) is 0 Å². The summed E-state index contributed by atoms with van der Waals surface area (Å²) in [7, 11) is 0. The molecule has 0 aliphatic rings. The summed E-state index contributed by atoms with van der Waals surface area (Å²) in [5, 5.41) is 7.77. The molecule has 0 atom stereocenters. The van der Waals surface area contributed by atoms with E-state index < -0.39 is 5.97 Å². The Morgan fingerprint density at radius 2 is 2.25 bits per heavy atom. The predicted octanol–water partition coefficient (Wildman–Crippen LogP) is -0.611. The van der Waals surface area contributed by atoms with Crippen molar-refractivity contribution in [1.82, 2.24) is 5.43 Å². The highest BCUT2D eigenvalue weighted by Crippen LogP contribution is 1.48. The second-order valence-corrected chi connectivity index (χ2v) is 0.775. The quantitative estimate of drug-likeness (QED) is 0.272. The van der Waals surface area contributed by atoms with Gasteiger partial charge in [-0.05, 0) is 0 Å².